The molecule has 0 aromatic heterocycles. The molecule has 2 bridgehead atoms. The van der Waals surface area contributed by atoms with E-state index in [1.165, 1.54) is 42.4 Å². The first-order chi connectivity index (χ1) is 10.8. The van der Waals surface area contributed by atoms with Crippen LogP contribution in [0.4, 0.5) is 0 Å². The molecule has 0 radical (unpaired) electrons. The number of rotatable bonds is 2. The van der Waals surface area contributed by atoms with Gasteiger partial charge in [-0.1, -0.05) is 66.2 Å². The average molecular weight is 326 g/mol. The number of halogens is 1. The van der Waals surface area contributed by atoms with Crippen molar-refractivity contribution in [3.8, 4) is 0 Å². The van der Waals surface area contributed by atoms with E-state index in [9.17, 15) is 0 Å². The minimum atomic E-state index is 0. The number of nitrogens with zero attached hydrogens (tertiary/aromatic N) is 1. The van der Waals surface area contributed by atoms with Crippen LogP contribution in [0.25, 0.3) is 5.57 Å². The minimum Gasteiger partial charge on any atom is -0.300 e. The van der Waals surface area contributed by atoms with Crippen LogP contribution in [-0.4, -0.2) is 24.0 Å². The normalized spacial score (nSPS) is 23.4. The number of hydrogen-bond acceptors (Lipinski definition) is 1. The lowest BCUT2D eigenvalue weighted by Crippen LogP contribution is -2.37. The molecule has 2 aromatic rings. The Hall–Kier alpha value is -1.57. The van der Waals surface area contributed by atoms with E-state index in [1.54, 1.807) is 5.57 Å². The monoisotopic (exact) mass is 325 g/mol. The molecule has 2 aromatic carbocycles. The van der Waals surface area contributed by atoms with Gasteiger partial charge in [0.2, 0.25) is 0 Å². The van der Waals surface area contributed by atoms with E-state index in [-0.39, 0.29) is 12.4 Å². The number of benzene rings is 2. The van der Waals surface area contributed by atoms with E-state index >= 15 is 0 Å². The van der Waals surface area contributed by atoms with Crippen LogP contribution in [0.2, 0.25) is 0 Å². The van der Waals surface area contributed by atoms with Crippen LogP contribution in [-0.2, 0) is 0 Å². The lowest BCUT2D eigenvalue weighted by Gasteiger charge is -2.34. The van der Waals surface area contributed by atoms with Gasteiger partial charge in [-0.15, -0.1) is 12.4 Å². The van der Waals surface area contributed by atoms with Gasteiger partial charge in [-0.3, -0.25) is 4.90 Å². The van der Waals surface area contributed by atoms with E-state index in [1.807, 2.05) is 0 Å². The SMILES string of the molecule is CN1[C@@H]2CC[C@H]1CC(=C(c1ccccc1)c1ccccc1)C2.Cl. The number of piperidine rings is 1. The van der Waals surface area contributed by atoms with Gasteiger partial charge in [-0.25, -0.2) is 0 Å². The number of hydrogen-bond donors (Lipinski definition) is 0. The molecule has 23 heavy (non-hydrogen) atoms. The third-order valence-electron chi connectivity index (χ3n) is 5.43. The zero-order chi connectivity index (χ0) is 14.9. The average Bonchev–Trinajstić information content (AvgIpc) is 2.78. The van der Waals surface area contributed by atoms with Crippen molar-refractivity contribution >= 4 is 18.0 Å². The van der Waals surface area contributed by atoms with Gasteiger partial charge in [0.15, 0.2) is 0 Å². The Bertz CT molecular complexity index is 620. The van der Waals surface area contributed by atoms with Crippen molar-refractivity contribution in [2.45, 2.75) is 37.8 Å². The first-order valence-electron chi connectivity index (χ1n) is 8.38. The van der Waals surface area contributed by atoms with E-state index in [0.29, 0.717) is 0 Å². The summed E-state index contributed by atoms with van der Waals surface area (Å²) >= 11 is 0. The second-order valence-electron chi connectivity index (χ2n) is 6.67. The summed E-state index contributed by atoms with van der Waals surface area (Å²) in [6, 6.07) is 23.4. The molecule has 2 fully saturated rings. The van der Waals surface area contributed by atoms with Crippen LogP contribution < -0.4 is 0 Å². The van der Waals surface area contributed by atoms with Crippen molar-refractivity contribution in [2.75, 3.05) is 7.05 Å². The van der Waals surface area contributed by atoms with Gasteiger partial charge >= 0.3 is 0 Å². The molecule has 2 atom stereocenters. The molecule has 2 aliphatic heterocycles. The summed E-state index contributed by atoms with van der Waals surface area (Å²) in [5, 5.41) is 0. The van der Waals surface area contributed by atoms with Crippen molar-refractivity contribution in [3.05, 3.63) is 77.4 Å². The van der Waals surface area contributed by atoms with Gasteiger partial charge in [-0.2, -0.15) is 0 Å². The predicted molar refractivity (Wildman–Crippen MR) is 100.0 cm³/mol. The van der Waals surface area contributed by atoms with Crippen LogP contribution in [0.5, 0.6) is 0 Å². The highest BCUT2D eigenvalue weighted by Gasteiger charge is 2.36. The number of fused-ring (bicyclic) bond motifs is 2. The summed E-state index contributed by atoms with van der Waals surface area (Å²) in [4.78, 5) is 2.61. The predicted octanol–water partition coefficient (Wildman–Crippen LogP) is 5.17. The Labute approximate surface area is 145 Å². The fourth-order valence-corrected chi connectivity index (χ4v) is 4.22. The lowest BCUT2D eigenvalue weighted by atomic mass is 9.86. The zero-order valence-corrected chi connectivity index (χ0v) is 14.4. The summed E-state index contributed by atoms with van der Waals surface area (Å²) in [6.07, 6.45) is 5.18. The van der Waals surface area contributed by atoms with Crippen LogP contribution in [0, 0.1) is 0 Å². The van der Waals surface area contributed by atoms with Crippen molar-refractivity contribution < 1.29 is 0 Å². The van der Waals surface area contributed by atoms with Gasteiger partial charge in [0.05, 0.1) is 0 Å². The minimum absolute atomic E-state index is 0. The molecule has 120 valence electrons. The Morgan fingerprint density at radius 1 is 0.783 bits per heavy atom. The van der Waals surface area contributed by atoms with E-state index in [0.717, 1.165) is 12.1 Å². The fourth-order valence-electron chi connectivity index (χ4n) is 4.22. The smallest absolute Gasteiger partial charge is 0.0133 e. The Balaban J connectivity index is 0.00000156. The molecular formula is C21H24ClN. The van der Waals surface area contributed by atoms with Crippen LogP contribution in [0.1, 0.15) is 36.8 Å². The summed E-state index contributed by atoms with van der Waals surface area (Å²) in [5.41, 5.74) is 5.87. The fraction of sp³-hybridized carbons (Fsp3) is 0.333. The Kier molecular flexibility index (Phi) is 4.89. The van der Waals surface area contributed by atoms with Crippen molar-refractivity contribution in [3.63, 3.8) is 0 Å². The third-order valence-corrected chi connectivity index (χ3v) is 5.43. The second kappa shape index (κ2) is 6.90. The molecule has 0 aliphatic carbocycles. The highest BCUT2D eigenvalue weighted by molar-refractivity contribution is 5.85. The molecule has 0 amide bonds. The largest absolute Gasteiger partial charge is 0.300 e. The van der Waals surface area contributed by atoms with Gasteiger partial charge in [0.25, 0.3) is 0 Å². The molecule has 0 N–H and O–H groups in total. The molecule has 2 saturated heterocycles. The topological polar surface area (TPSA) is 3.24 Å². The standard InChI is InChI=1S/C21H23N.ClH/c1-22-19-12-13-20(22)15-18(14-19)21(16-8-4-2-5-9-16)17-10-6-3-7-11-17;/h2-11,19-20H,12-15H2,1H3;1H/t19-,20+;. The van der Waals surface area contributed by atoms with Crippen molar-refractivity contribution in [1.82, 2.24) is 4.90 Å². The third kappa shape index (κ3) is 3.08. The summed E-state index contributed by atoms with van der Waals surface area (Å²) in [6.45, 7) is 0. The van der Waals surface area contributed by atoms with E-state index in [2.05, 4.69) is 72.6 Å². The highest BCUT2D eigenvalue weighted by atomic mass is 35.5. The van der Waals surface area contributed by atoms with E-state index < -0.39 is 0 Å². The molecule has 0 unspecified atom stereocenters. The van der Waals surface area contributed by atoms with Crippen molar-refractivity contribution in [1.29, 1.82) is 0 Å². The van der Waals surface area contributed by atoms with Crippen LogP contribution in [0.15, 0.2) is 66.2 Å². The second-order valence-corrected chi connectivity index (χ2v) is 6.67. The summed E-state index contributed by atoms with van der Waals surface area (Å²) in [5.74, 6) is 0. The van der Waals surface area contributed by atoms with E-state index in [4.69, 9.17) is 0 Å². The highest BCUT2D eigenvalue weighted by Crippen LogP contribution is 2.41. The van der Waals surface area contributed by atoms with Gasteiger partial charge < -0.3 is 0 Å². The molecule has 0 saturated carbocycles. The van der Waals surface area contributed by atoms with Gasteiger partial charge in [-0.05, 0) is 49.4 Å². The van der Waals surface area contributed by atoms with Crippen molar-refractivity contribution in [2.24, 2.45) is 0 Å². The molecule has 2 heterocycles. The van der Waals surface area contributed by atoms with Crippen LogP contribution >= 0.6 is 12.4 Å². The molecule has 2 heteroatoms. The van der Waals surface area contributed by atoms with Crippen LogP contribution in [0.3, 0.4) is 0 Å². The maximum atomic E-state index is 2.61. The first kappa shape index (κ1) is 16.3. The summed E-state index contributed by atoms with van der Waals surface area (Å²) in [7, 11) is 2.31. The Morgan fingerprint density at radius 2 is 1.22 bits per heavy atom. The molecular weight excluding hydrogens is 302 g/mol. The Morgan fingerprint density at radius 3 is 1.65 bits per heavy atom. The molecule has 4 rings (SSSR count). The molecule has 0 spiro atoms. The quantitative estimate of drug-likeness (QED) is 0.736. The zero-order valence-electron chi connectivity index (χ0n) is 13.6. The first-order valence-corrected chi connectivity index (χ1v) is 8.38. The molecule has 2 aliphatic rings. The lowest BCUT2D eigenvalue weighted by molar-refractivity contribution is 0.210. The maximum Gasteiger partial charge on any atom is 0.0133 e. The van der Waals surface area contributed by atoms with Gasteiger partial charge in [0.1, 0.15) is 0 Å². The maximum absolute atomic E-state index is 2.61. The molecule has 1 nitrogen and oxygen atoms in total. The van der Waals surface area contributed by atoms with Gasteiger partial charge in [0, 0.05) is 12.1 Å². The summed E-state index contributed by atoms with van der Waals surface area (Å²) < 4.78 is 0.